The molecule has 6 nitrogen and oxygen atoms in total. The van der Waals surface area contributed by atoms with Crippen LogP contribution in [0.15, 0.2) is 21.9 Å². The largest absolute Gasteiger partial charge is 0.387 e. The van der Waals surface area contributed by atoms with Crippen LogP contribution in [0.2, 0.25) is 0 Å². The van der Waals surface area contributed by atoms with Gasteiger partial charge in [0.2, 0.25) is 0 Å². The first-order valence-corrected chi connectivity index (χ1v) is 6.42. The third-order valence-corrected chi connectivity index (χ3v) is 3.44. The van der Waals surface area contributed by atoms with Crippen LogP contribution >= 0.6 is 22.6 Å². The van der Waals surface area contributed by atoms with Gasteiger partial charge in [0.05, 0.1) is 6.10 Å². The molecule has 1 fully saturated rings. The maximum Gasteiger partial charge on any atom is 0.330 e. The van der Waals surface area contributed by atoms with Crippen molar-refractivity contribution in [3.63, 3.8) is 0 Å². The van der Waals surface area contributed by atoms with Gasteiger partial charge >= 0.3 is 5.69 Å². The van der Waals surface area contributed by atoms with E-state index in [-0.39, 0.29) is 0 Å². The maximum absolute atomic E-state index is 13.8. The van der Waals surface area contributed by atoms with Gasteiger partial charge in [-0.2, -0.15) is 0 Å². The molecule has 94 valence electrons. The highest BCUT2D eigenvalue weighted by atomic mass is 127. The molecule has 0 bridgehead atoms. The minimum Gasteiger partial charge on any atom is -0.387 e. The van der Waals surface area contributed by atoms with Crippen LogP contribution in [0.3, 0.4) is 0 Å². The topological polar surface area (TPSA) is 84.3 Å². The molecule has 0 spiro atoms. The number of aliphatic hydroxyl groups excluding tert-OH is 1. The first kappa shape index (κ1) is 12.7. The van der Waals surface area contributed by atoms with Gasteiger partial charge < -0.3 is 9.84 Å². The Hall–Kier alpha value is -0.740. The van der Waals surface area contributed by atoms with Crippen molar-refractivity contribution in [3.05, 3.63) is 33.1 Å². The van der Waals surface area contributed by atoms with E-state index >= 15 is 0 Å². The molecule has 0 unspecified atom stereocenters. The molecule has 0 aromatic carbocycles. The third kappa shape index (κ3) is 2.29. The van der Waals surface area contributed by atoms with E-state index in [4.69, 9.17) is 4.74 Å². The molecule has 4 atom stereocenters. The number of rotatable bonds is 2. The summed E-state index contributed by atoms with van der Waals surface area (Å²) in [6, 6.07) is 1.10. The van der Waals surface area contributed by atoms with Crippen LogP contribution in [0.4, 0.5) is 4.39 Å². The van der Waals surface area contributed by atoms with Gasteiger partial charge in [-0.25, -0.2) is 9.18 Å². The fourth-order valence-electron chi connectivity index (χ4n) is 1.68. The van der Waals surface area contributed by atoms with Crippen LogP contribution in [0, 0.1) is 0 Å². The van der Waals surface area contributed by atoms with E-state index in [9.17, 15) is 19.1 Å². The van der Waals surface area contributed by atoms with Gasteiger partial charge in [0, 0.05) is 16.7 Å². The summed E-state index contributed by atoms with van der Waals surface area (Å²) in [5.74, 6) is 0. The fraction of sp³-hybridized carbons (Fsp3) is 0.556. The van der Waals surface area contributed by atoms with Crippen LogP contribution < -0.4 is 11.2 Å². The van der Waals surface area contributed by atoms with Gasteiger partial charge in [0.15, 0.2) is 12.4 Å². The molecule has 1 aliphatic rings. The molecule has 0 amide bonds. The fourth-order valence-corrected chi connectivity index (χ4v) is 2.41. The summed E-state index contributed by atoms with van der Waals surface area (Å²) in [7, 11) is 0. The Morgan fingerprint density at radius 3 is 2.82 bits per heavy atom. The van der Waals surface area contributed by atoms with E-state index in [1.54, 1.807) is 0 Å². The second-order valence-corrected chi connectivity index (χ2v) is 4.55. The Morgan fingerprint density at radius 1 is 1.59 bits per heavy atom. The molecule has 1 aliphatic heterocycles. The van der Waals surface area contributed by atoms with Crippen LogP contribution in [0.5, 0.6) is 0 Å². The van der Waals surface area contributed by atoms with E-state index < -0.39 is 35.9 Å². The molecule has 8 heteroatoms. The molecule has 0 saturated carbocycles. The molecule has 1 saturated heterocycles. The normalized spacial score (nSPS) is 32.9. The molecule has 17 heavy (non-hydrogen) atoms. The zero-order valence-electron chi connectivity index (χ0n) is 8.55. The highest BCUT2D eigenvalue weighted by Crippen LogP contribution is 2.31. The highest BCUT2D eigenvalue weighted by molar-refractivity contribution is 14.1. The van der Waals surface area contributed by atoms with Gasteiger partial charge in [-0.1, -0.05) is 22.6 Å². The summed E-state index contributed by atoms with van der Waals surface area (Å²) in [5, 5.41) is 9.54. The second kappa shape index (κ2) is 4.86. The minimum absolute atomic E-state index is 0.411. The first-order chi connectivity index (χ1) is 8.04. The van der Waals surface area contributed by atoms with Crippen molar-refractivity contribution in [3.8, 4) is 0 Å². The van der Waals surface area contributed by atoms with Crippen molar-refractivity contribution < 1.29 is 14.2 Å². The number of nitrogens with one attached hydrogen (secondary N) is 1. The number of halogens is 2. The second-order valence-electron chi connectivity index (χ2n) is 3.67. The van der Waals surface area contributed by atoms with Gasteiger partial charge in [-0.15, -0.1) is 0 Å². The lowest BCUT2D eigenvalue weighted by atomic mass is 10.2. The van der Waals surface area contributed by atoms with Crippen molar-refractivity contribution in [2.45, 2.75) is 24.6 Å². The molecule has 0 aliphatic carbocycles. The predicted octanol–water partition coefficient (Wildman–Crippen LogP) is -0.432. The van der Waals surface area contributed by atoms with E-state index in [1.165, 1.54) is 0 Å². The number of alkyl halides is 2. The molecule has 0 radical (unpaired) electrons. The predicted molar refractivity (Wildman–Crippen MR) is 65.0 cm³/mol. The summed E-state index contributed by atoms with van der Waals surface area (Å²) >= 11 is 1.96. The summed E-state index contributed by atoms with van der Waals surface area (Å²) in [6.45, 7) is 0. The lowest BCUT2D eigenvalue weighted by Crippen LogP contribution is -2.35. The minimum atomic E-state index is -1.70. The van der Waals surface area contributed by atoms with Gasteiger partial charge in [0.1, 0.15) is 6.10 Å². The molecular weight excluding hydrogens is 346 g/mol. The summed E-state index contributed by atoms with van der Waals surface area (Å²) in [5.41, 5.74) is -1.32. The number of hydrogen-bond acceptors (Lipinski definition) is 4. The Labute approximate surface area is 109 Å². The van der Waals surface area contributed by atoms with Crippen LogP contribution in [-0.4, -0.2) is 37.5 Å². The Kier molecular flexibility index (Phi) is 3.64. The molecule has 2 rings (SSSR count). The average molecular weight is 356 g/mol. The van der Waals surface area contributed by atoms with Gasteiger partial charge in [0.25, 0.3) is 5.56 Å². The zero-order chi connectivity index (χ0) is 12.6. The molecule has 2 N–H and O–H groups in total. The number of ether oxygens (including phenoxy) is 1. The molecule has 2 heterocycles. The van der Waals surface area contributed by atoms with Gasteiger partial charge in [-0.05, 0) is 0 Å². The standard InChI is InChI=1S/C9H10FIN2O4/c10-6-7(15)4(3-11)17-8(6)13-2-1-5(14)12-9(13)16/h1-2,4,6-8,15H,3H2,(H,12,14,16)/t4-,6+,7-,8-/m1/s1. The zero-order valence-corrected chi connectivity index (χ0v) is 10.7. The van der Waals surface area contributed by atoms with Crippen molar-refractivity contribution >= 4 is 22.6 Å². The van der Waals surface area contributed by atoms with Crippen LogP contribution in [-0.2, 0) is 4.74 Å². The lowest BCUT2D eigenvalue weighted by molar-refractivity contribution is -0.0153. The van der Waals surface area contributed by atoms with Crippen molar-refractivity contribution in [2.75, 3.05) is 4.43 Å². The smallest absolute Gasteiger partial charge is 0.330 e. The molecule has 1 aromatic rings. The number of aromatic nitrogens is 2. The summed E-state index contributed by atoms with van der Waals surface area (Å²) < 4.78 is 20.3. The summed E-state index contributed by atoms with van der Waals surface area (Å²) in [4.78, 5) is 24.3. The number of H-pyrrole nitrogens is 1. The SMILES string of the molecule is O=c1ccn([C@@H]2O[C@H](CI)[C@@H](O)[C@@H]2F)c(=O)[nH]1. The number of nitrogens with zero attached hydrogens (tertiary/aromatic N) is 1. The van der Waals surface area contributed by atoms with Crippen LogP contribution in [0.1, 0.15) is 6.23 Å². The van der Waals surface area contributed by atoms with Crippen molar-refractivity contribution in [1.29, 1.82) is 0 Å². The maximum atomic E-state index is 13.8. The molecule has 1 aromatic heterocycles. The number of aliphatic hydroxyl groups is 1. The Morgan fingerprint density at radius 2 is 2.29 bits per heavy atom. The first-order valence-electron chi connectivity index (χ1n) is 4.89. The molecular formula is C9H10FIN2O4. The average Bonchev–Trinajstić information content (AvgIpc) is 2.57. The van der Waals surface area contributed by atoms with Crippen LogP contribution in [0.25, 0.3) is 0 Å². The van der Waals surface area contributed by atoms with Crippen molar-refractivity contribution in [1.82, 2.24) is 9.55 Å². The monoisotopic (exact) mass is 356 g/mol. The van der Waals surface area contributed by atoms with Crippen molar-refractivity contribution in [2.24, 2.45) is 0 Å². The Bertz CT molecular complexity index is 516. The number of hydrogen-bond donors (Lipinski definition) is 2. The number of aromatic amines is 1. The van der Waals surface area contributed by atoms with E-state index in [0.717, 1.165) is 16.8 Å². The third-order valence-electron chi connectivity index (χ3n) is 2.57. The van der Waals surface area contributed by atoms with E-state index in [1.807, 2.05) is 27.6 Å². The quantitative estimate of drug-likeness (QED) is 0.556. The summed E-state index contributed by atoms with van der Waals surface area (Å²) in [6.07, 6.45) is -3.67. The van der Waals surface area contributed by atoms with Gasteiger partial charge in [-0.3, -0.25) is 14.3 Å². The lowest BCUT2D eigenvalue weighted by Gasteiger charge is -2.15. The van der Waals surface area contributed by atoms with E-state index in [2.05, 4.69) is 0 Å². The van der Waals surface area contributed by atoms with E-state index in [0.29, 0.717) is 4.43 Å². The Balaban J connectivity index is 2.35. The highest BCUT2D eigenvalue weighted by Gasteiger charge is 2.44.